The molecule has 0 aromatic heterocycles. The third-order valence-corrected chi connectivity index (χ3v) is 5.06. The molecule has 2 rings (SSSR count). The second-order valence-corrected chi connectivity index (χ2v) is 6.95. The number of nitrogens with one attached hydrogen (secondary N) is 1. The zero-order chi connectivity index (χ0) is 15.8. The van der Waals surface area contributed by atoms with E-state index in [2.05, 4.69) is 44.9 Å². The van der Waals surface area contributed by atoms with Gasteiger partial charge in [-0.2, -0.15) is 0 Å². The molecule has 0 saturated heterocycles. The molecule has 1 aliphatic carbocycles. The van der Waals surface area contributed by atoms with Gasteiger partial charge in [-0.3, -0.25) is 4.79 Å². The molecule has 0 atom stereocenters. The van der Waals surface area contributed by atoms with Crippen LogP contribution in [0.1, 0.15) is 33.3 Å². The third kappa shape index (κ3) is 2.79. The lowest BCUT2D eigenvalue weighted by atomic mass is 10.0. The molecule has 1 amide bonds. The number of carbonyl (C=O) groups excluding carboxylic acids is 1. The minimum Gasteiger partial charge on any atom is -0.384 e. The van der Waals surface area contributed by atoms with Gasteiger partial charge in [0.2, 0.25) is 5.91 Å². The summed E-state index contributed by atoms with van der Waals surface area (Å²) in [7, 11) is 0. The summed E-state index contributed by atoms with van der Waals surface area (Å²) in [5.74, 6) is 5.36. The number of hydrogen-bond donors (Lipinski definition) is 2. The maximum Gasteiger partial charge on any atom is 0.228 e. The number of aliphatic hydroxyl groups is 1. The number of hydrogen-bond acceptors (Lipinski definition) is 2. The number of halogens is 1. The van der Waals surface area contributed by atoms with E-state index in [0.29, 0.717) is 16.3 Å². The Morgan fingerprint density at radius 3 is 2.48 bits per heavy atom. The molecular weight excluding hydrogens is 286 g/mol. The molecule has 4 heteroatoms. The molecule has 1 aromatic carbocycles. The van der Waals surface area contributed by atoms with Crippen LogP contribution in [0, 0.1) is 28.6 Å². The molecule has 1 aliphatic rings. The minimum atomic E-state index is -0.224. The van der Waals surface area contributed by atoms with Gasteiger partial charge in [0.15, 0.2) is 0 Å². The van der Waals surface area contributed by atoms with E-state index < -0.39 is 0 Å². The first-order chi connectivity index (χ1) is 9.71. The van der Waals surface area contributed by atoms with Gasteiger partial charge >= 0.3 is 0 Å². The van der Waals surface area contributed by atoms with E-state index in [9.17, 15) is 4.79 Å². The second-order valence-electron chi connectivity index (χ2n) is 6.52. The predicted octanol–water partition coefficient (Wildman–Crippen LogP) is 3.30. The lowest BCUT2D eigenvalue weighted by Gasteiger charge is -2.09. The summed E-state index contributed by atoms with van der Waals surface area (Å²) in [5, 5.41) is 12.3. The Hall–Kier alpha value is -1.50. The highest BCUT2D eigenvalue weighted by molar-refractivity contribution is 6.31. The Labute approximate surface area is 130 Å². The van der Waals surface area contributed by atoms with Gasteiger partial charge in [-0.1, -0.05) is 51.1 Å². The summed E-state index contributed by atoms with van der Waals surface area (Å²) >= 11 is 5.99. The fourth-order valence-corrected chi connectivity index (χ4v) is 3.09. The fourth-order valence-electron chi connectivity index (χ4n) is 2.92. The van der Waals surface area contributed by atoms with Crippen LogP contribution in [0.4, 0.5) is 5.69 Å². The summed E-state index contributed by atoms with van der Waals surface area (Å²) in [6, 6.07) is 5.14. The van der Waals surface area contributed by atoms with Crippen LogP contribution in [0.25, 0.3) is 0 Å². The Morgan fingerprint density at radius 2 is 1.95 bits per heavy atom. The molecule has 0 bridgehead atoms. The van der Waals surface area contributed by atoms with E-state index >= 15 is 0 Å². The van der Waals surface area contributed by atoms with Gasteiger partial charge in [0, 0.05) is 16.5 Å². The molecule has 1 aromatic rings. The van der Waals surface area contributed by atoms with Crippen LogP contribution in [0.3, 0.4) is 0 Å². The van der Waals surface area contributed by atoms with E-state index in [-0.39, 0.29) is 29.3 Å². The number of anilines is 1. The van der Waals surface area contributed by atoms with Crippen LogP contribution < -0.4 is 5.32 Å². The van der Waals surface area contributed by atoms with Gasteiger partial charge in [0.1, 0.15) is 6.61 Å². The van der Waals surface area contributed by atoms with Crippen molar-refractivity contribution in [1.29, 1.82) is 0 Å². The topological polar surface area (TPSA) is 49.3 Å². The van der Waals surface area contributed by atoms with Crippen LogP contribution in [-0.4, -0.2) is 17.6 Å². The van der Waals surface area contributed by atoms with Gasteiger partial charge in [0.25, 0.3) is 0 Å². The molecule has 0 spiro atoms. The molecule has 112 valence electrons. The largest absolute Gasteiger partial charge is 0.384 e. The van der Waals surface area contributed by atoms with E-state index in [1.807, 2.05) is 0 Å². The molecule has 3 nitrogen and oxygen atoms in total. The van der Waals surface area contributed by atoms with Crippen molar-refractivity contribution in [2.45, 2.75) is 27.7 Å². The lowest BCUT2D eigenvalue weighted by molar-refractivity contribution is -0.118. The SMILES string of the molecule is CC1(C)C(C(=O)Nc2cc(Cl)ccc2C#CCO)C1(C)C. The van der Waals surface area contributed by atoms with Gasteiger partial charge in [-0.25, -0.2) is 0 Å². The summed E-state index contributed by atoms with van der Waals surface area (Å²) < 4.78 is 0. The Morgan fingerprint density at radius 1 is 1.33 bits per heavy atom. The van der Waals surface area contributed by atoms with Gasteiger partial charge in [0.05, 0.1) is 5.69 Å². The lowest BCUT2D eigenvalue weighted by Crippen LogP contribution is -2.18. The Kier molecular flexibility index (Phi) is 4.06. The van der Waals surface area contributed by atoms with Crippen molar-refractivity contribution in [3.05, 3.63) is 28.8 Å². The van der Waals surface area contributed by atoms with E-state index in [1.54, 1.807) is 18.2 Å². The number of benzene rings is 1. The van der Waals surface area contributed by atoms with E-state index in [1.165, 1.54) is 0 Å². The summed E-state index contributed by atoms with van der Waals surface area (Å²) in [6.45, 7) is 8.17. The highest BCUT2D eigenvalue weighted by Crippen LogP contribution is 2.68. The predicted molar refractivity (Wildman–Crippen MR) is 85.1 cm³/mol. The summed E-state index contributed by atoms with van der Waals surface area (Å²) in [6.07, 6.45) is 0. The monoisotopic (exact) mass is 305 g/mol. The first kappa shape index (κ1) is 15.9. The van der Waals surface area contributed by atoms with Gasteiger partial charge < -0.3 is 10.4 Å². The Balaban J connectivity index is 2.24. The molecular formula is C17H20ClNO2. The summed E-state index contributed by atoms with van der Waals surface area (Å²) in [5.41, 5.74) is 1.20. The molecule has 1 fully saturated rings. The van der Waals surface area contributed by atoms with Crippen LogP contribution in [-0.2, 0) is 4.79 Å². The normalized spacial score (nSPS) is 18.6. The van der Waals surface area contributed by atoms with Gasteiger partial charge in [-0.15, -0.1) is 0 Å². The smallest absolute Gasteiger partial charge is 0.228 e. The fraction of sp³-hybridized carbons (Fsp3) is 0.471. The first-order valence-corrected chi connectivity index (χ1v) is 7.29. The van der Waals surface area contributed by atoms with Crippen molar-refractivity contribution < 1.29 is 9.90 Å². The molecule has 2 N–H and O–H groups in total. The molecule has 21 heavy (non-hydrogen) atoms. The number of aliphatic hydroxyl groups excluding tert-OH is 1. The third-order valence-electron chi connectivity index (χ3n) is 4.82. The average molecular weight is 306 g/mol. The molecule has 0 heterocycles. The zero-order valence-electron chi connectivity index (χ0n) is 12.7. The highest BCUT2D eigenvalue weighted by Gasteiger charge is 2.68. The van der Waals surface area contributed by atoms with Crippen molar-refractivity contribution in [2.75, 3.05) is 11.9 Å². The molecule has 1 saturated carbocycles. The summed E-state index contributed by atoms with van der Waals surface area (Å²) in [4.78, 5) is 12.5. The van der Waals surface area contributed by atoms with E-state index in [0.717, 1.165) is 0 Å². The van der Waals surface area contributed by atoms with Gasteiger partial charge in [-0.05, 0) is 29.0 Å². The van der Waals surface area contributed by atoms with Crippen LogP contribution >= 0.6 is 11.6 Å². The van der Waals surface area contributed by atoms with Crippen molar-refractivity contribution >= 4 is 23.2 Å². The maximum atomic E-state index is 12.5. The van der Waals surface area contributed by atoms with Crippen molar-refractivity contribution in [3.8, 4) is 11.8 Å². The highest BCUT2D eigenvalue weighted by atomic mass is 35.5. The maximum absolute atomic E-state index is 12.5. The van der Waals surface area contributed by atoms with Crippen molar-refractivity contribution in [2.24, 2.45) is 16.7 Å². The number of carbonyl (C=O) groups is 1. The standard InChI is InChI=1S/C17H20ClNO2/c1-16(2)14(17(16,3)4)15(21)19-13-10-12(18)8-7-11(13)6-5-9-20/h7-8,10,14,20H,9H2,1-4H3,(H,19,21). The quantitative estimate of drug-likeness (QED) is 0.824. The molecule has 0 aliphatic heterocycles. The zero-order valence-corrected chi connectivity index (χ0v) is 13.5. The minimum absolute atomic E-state index is 0.0145. The Bertz CT molecular complexity index is 624. The first-order valence-electron chi connectivity index (χ1n) is 6.92. The number of amides is 1. The van der Waals surface area contributed by atoms with Crippen molar-refractivity contribution in [1.82, 2.24) is 0 Å². The molecule has 0 radical (unpaired) electrons. The number of rotatable bonds is 2. The molecule has 0 unspecified atom stereocenters. The van der Waals surface area contributed by atoms with Crippen LogP contribution in [0.5, 0.6) is 0 Å². The van der Waals surface area contributed by atoms with Crippen molar-refractivity contribution in [3.63, 3.8) is 0 Å². The van der Waals surface area contributed by atoms with Crippen LogP contribution in [0.2, 0.25) is 5.02 Å². The average Bonchev–Trinajstić information content (AvgIpc) is 2.78. The second kappa shape index (κ2) is 5.36. The van der Waals surface area contributed by atoms with E-state index in [4.69, 9.17) is 16.7 Å². The van der Waals surface area contributed by atoms with Crippen LogP contribution in [0.15, 0.2) is 18.2 Å².